The molecule has 9 heteroatoms. The Bertz CT molecular complexity index is 1090. The van der Waals surface area contributed by atoms with E-state index in [0.717, 1.165) is 37.0 Å². The van der Waals surface area contributed by atoms with Crippen LogP contribution in [0.3, 0.4) is 0 Å². The number of nitrogens with zero attached hydrogens (tertiary/aromatic N) is 3. The van der Waals surface area contributed by atoms with Gasteiger partial charge in [-0.15, -0.1) is 0 Å². The molecule has 2 aromatic rings. The first-order chi connectivity index (χ1) is 14.8. The van der Waals surface area contributed by atoms with Gasteiger partial charge in [0.05, 0.1) is 19.2 Å². The first kappa shape index (κ1) is 21.5. The maximum atomic E-state index is 13.4. The highest BCUT2D eigenvalue weighted by Crippen LogP contribution is 2.32. The van der Waals surface area contributed by atoms with Crippen LogP contribution >= 0.6 is 0 Å². The molecule has 8 nitrogen and oxygen atoms in total. The van der Waals surface area contributed by atoms with Gasteiger partial charge in [-0.05, 0) is 42.7 Å². The van der Waals surface area contributed by atoms with E-state index in [4.69, 9.17) is 4.74 Å². The van der Waals surface area contributed by atoms with Crippen molar-refractivity contribution in [2.24, 2.45) is 0 Å². The largest absolute Gasteiger partial charge is 0.495 e. The second-order valence-corrected chi connectivity index (χ2v) is 9.86. The van der Waals surface area contributed by atoms with Gasteiger partial charge in [-0.3, -0.25) is 19.5 Å². The average Bonchev–Trinajstić information content (AvgIpc) is 3.04. The van der Waals surface area contributed by atoms with Crippen molar-refractivity contribution in [1.29, 1.82) is 0 Å². The van der Waals surface area contributed by atoms with Crippen LogP contribution in [0.2, 0.25) is 0 Å². The molecule has 2 aliphatic rings. The van der Waals surface area contributed by atoms with Gasteiger partial charge < -0.3 is 4.74 Å². The summed E-state index contributed by atoms with van der Waals surface area (Å²) in [5.41, 5.74) is 0.891. The van der Waals surface area contributed by atoms with Crippen molar-refractivity contribution in [1.82, 2.24) is 14.2 Å². The van der Waals surface area contributed by atoms with Crippen LogP contribution in [0, 0.1) is 0 Å². The Morgan fingerprint density at radius 3 is 2.55 bits per heavy atom. The number of hydrogen-bond donors (Lipinski definition) is 0. The van der Waals surface area contributed by atoms with Crippen LogP contribution in [0.1, 0.15) is 58.5 Å². The molecule has 164 valence electrons. The van der Waals surface area contributed by atoms with Gasteiger partial charge in [-0.25, -0.2) is 8.42 Å². The summed E-state index contributed by atoms with van der Waals surface area (Å²) in [6.07, 6.45) is 6.27. The number of methoxy groups -OCH3 is 1. The third-order valence-corrected chi connectivity index (χ3v) is 7.98. The van der Waals surface area contributed by atoms with Gasteiger partial charge in [0.15, 0.2) is 0 Å². The van der Waals surface area contributed by atoms with E-state index < -0.39 is 21.8 Å². The molecule has 0 atom stereocenters. The van der Waals surface area contributed by atoms with Crippen LogP contribution in [0.25, 0.3) is 0 Å². The summed E-state index contributed by atoms with van der Waals surface area (Å²) in [6, 6.07) is 7.83. The number of rotatable bonds is 6. The fourth-order valence-electron chi connectivity index (χ4n) is 4.26. The first-order valence-electron chi connectivity index (χ1n) is 10.3. The number of imide groups is 1. The summed E-state index contributed by atoms with van der Waals surface area (Å²) in [5.74, 6) is -0.691. The third kappa shape index (κ3) is 3.83. The van der Waals surface area contributed by atoms with Gasteiger partial charge >= 0.3 is 0 Å². The Labute approximate surface area is 181 Å². The summed E-state index contributed by atoms with van der Waals surface area (Å²) in [4.78, 5) is 30.4. The Balaban J connectivity index is 1.64. The summed E-state index contributed by atoms with van der Waals surface area (Å²) >= 11 is 0. The number of benzene rings is 1. The number of fused-ring (bicyclic) bond motifs is 1. The molecule has 1 aromatic carbocycles. The lowest BCUT2D eigenvalue weighted by Gasteiger charge is -2.31. The Hall–Kier alpha value is -2.78. The summed E-state index contributed by atoms with van der Waals surface area (Å²) < 4.78 is 33.5. The van der Waals surface area contributed by atoms with Crippen molar-refractivity contribution >= 4 is 21.8 Å². The fraction of sp³-hybridized carbons (Fsp3) is 0.409. The van der Waals surface area contributed by atoms with Crippen LogP contribution in [-0.4, -0.2) is 54.6 Å². The number of sulfonamides is 1. The number of aromatic nitrogens is 1. The van der Waals surface area contributed by atoms with Crippen molar-refractivity contribution in [3.8, 4) is 5.75 Å². The molecule has 0 spiro atoms. The van der Waals surface area contributed by atoms with Crippen LogP contribution in [0.4, 0.5) is 0 Å². The average molecular weight is 444 g/mol. The number of pyridine rings is 1. The third-order valence-electron chi connectivity index (χ3n) is 6.05. The Kier molecular flexibility index (Phi) is 5.81. The molecule has 2 amide bonds. The number of carbonyl (C=O) groups is 2. The second-order valence-electron chi connectivity index (χ2n) is 7.89. The zero-order chi connectivity index (χ0) is 22.2. The lowest BCUT2D eigenvalue weighted by Crippen LogP contribution is -2.38. The van der Waals surface area contributed by atoms with Crippen LogP contribution in [0.15, 0.2) is 41.4 Å². The SMILES string of the molecule is COc1ccc(CN2C(=O)c3cccnc3C2=O)cc1S(=O)(=O)N(C)C1CCCCC1. The summed E-state index contributed by atoms with van der Waals surface area (Å²) in [6.45, 7) is -0.0479. The van der Waals surface area contributed by atoms with Crippen molar-refractivity contribution in [2.75, 3.05) is 14.2 Å². The molecule has 4 rings (SSSR count). The van der Waals surface area contributed by atoms with E-state index in [-0.39, 0.29) is 34.5 Å². The van der Waals surface area contributed by atoms with Crippen LogP contribution < -0.4 is 4.74 Å². The normalized spacial score (nSPS) is 17.3. The van der Waals surface area contributed by atoms with E-state index in [0.29, 0.717) is 5.56 Å². The van der Waals surface area contributed by atoms with Crippen LogP contribution in [-0.2, 0) is 16.6 Å². The van der Waals surface area contributed by atoms with Crippen molar-refractivity contribution in [2.45, 2.75) is 49.6 Å². The number of amides is 2. The zero-order valence-electron chi connectivity index (χ0n) is 17.6. The van der Waals surface area contributed by atoms with E-state index in [1.54, 1.807) is 31.3 Å². The molecule has 1 aliphatic carbocycles. The van der Waals surface area contributed by atoms with E-state index in [9.17, 15) is 18.0 Å². The minimum absolute atomic E-state index is 0.0373. The van der Waals surface area contributed by atoms with Crippen molar-refractivity contribution < 1.29 is 22.7 Å². The molecular formula is C22H25N3O5S. The van der Waals surface area contributed by atoms with Gasteiger partial charge in [0.1, 0.15) is 16.3 Å². The lowest BCUT2D eigenvalue weighted by atomic mass is 9.96. The standard InChI is InChI=1S/C22H25N3O5S/c1-24(16-7-4-3-5-8-16)31(28,29)19-13-15(10-11-18(19)30-2)14-25-21(26)17-9-6-12-23-20(17)22(25)27/h6,9-13,16H,3-5,7-8,14H2,1-2H3. The van der Waals surface area contributed by atoms with Crippen molar-refractivity contribution in [3.63, 3.8) is 0 Å². The fourth-order valence-corrected chi connectivity index (χ4v) is 5.88. The molecule has 0 radical (unpaired) electrons. The van der Waals surface area contributed by atoms with E-state index in [1.807, 2.05) is 0 Å². The van der Waals surface area contributed by atoms with Gasteiger partial charge in [0.25, 0.3) is 11.8 Å². The number of ether oxygens (including phenoxy) is 1. The molecule has 2 heterocycles. The highest BCUT2D eigenvalue weighted by molar-refractivity contribution is 7.89. The number of carbonyl (C=O) groups excluding carboxylic acids is 2. The second kappa shape index (κ2) is 8.39. The van der Waals surface area contributed by atoms with Gasteiger partial charge in [-0.2, -0.15) is 4.31 Å². The minimum Gasteiger partial charge on any atom is -0.495 e. The molecule has 1 aliphatic heterocycles. The van der Waals surface area contributed by atoms with Gasteiger partial charge in [0, 0.05) is 19.3 Å². The quantitative estimate of drug-likeness (QED) is 0.637. The minimum atomic E-state index is -3.81. The molecule has 1 aromatic heterocycles. The summed E-state index contributed by atoms with van der Waals surface area (Å²) in [5, 5.41) is 0. The predicted octanol–water partition coefficient (Wildman–Crippen LogP) is 2.84. The topological polar surface area (TPSA) is 96.9 Å². The number of hydrogen-bond acceptors (Lipinski definition) is 6. The van der Waals surface area contributed by atoms with Crippen molar-refractivity contribution in [3.05, 3.63) is 53.3 Å². The maximum absolute atomic E-state index is 13.4. The highest BCUT2D eigenvalue weighted by Gasteiger charge is 2.37. The first-order valence-corrected chi connectivity index (χ1v) is 11.7. The molecular weight excluding hydrogens is 418 g/mol. The van der Waals surface area contributed by atoms with E-state index in [2.05, 4.69) is 4.98 Å². The molecule has 31 heavy (non-hydrogen) atoms. The van der Waals surface area contributed by atoms with Gasteiger partial charge in [0.2, 0.25) is 10.0 Å². The van der Waals surface area contributed by atoms with E-state index >= 15 is 0 Å². The van der Waals surface area contributed by atoms with Gasteiger partial charge in [-0.1, -0.05) is 25.3 Å². The lowest BCUT2D eigenvalue weighted by molar-refractivity contribution is 0.0640. The zero-order valence-corrected chi connectivity index (χ0v) is 18.4. The Morgan fingerprint density at radius 2 is 1.87 bits per heavy atom. The Morgan fingerprint density at radius 1 is 1.13 bits per heavy atom. The molecule has 0 unspecified atom stereocenters. The molecule has 0 bridgehead atoms. The van der Waals surface area contributed by atoms with E-state index in [1.165, 1.54) is 23.7 Å². The molecule has 1 fully saturated rings. The molecule has 0 saturated heterocycles. The highest BCUT2D eigenvalue weighted by atomic mass is 32.2. The predicted molar refractivity (Wildman–Crippen MR) is 113 cm³/mol. The summed E-state index contributed by atoms with van der Waals surface area (Å²) in [7, 11) is -0.785. The maximum Gasteiger partial charge on any atom is 0.280 e. The molecule has 0 N–H and O–H groups in total. The molecule has 1 saturated carbocycles. The smallest absolute Gasteiger partial charge is 0.280 e. The monoisotopic (exact) mass is 443 g/mol. The van der Waals surface area contributed by atoms with Crippen LogP contribution in [0.5, 0.6) is 5.75 Å².